The van der Waals surface area contributed by atoms with Crippen LogP contribution in [0.25, 0.3) is 0 Å². The van der Waals surface area contributed by atoms with E-state index in [0.717, 1.165) is 5.69 Å². The summed E-state index contributed by atoms with van der Waals surface area (Å²) in [5.74, 6) is -0.805. The van der Waals surface area contributed by atoms with Crippen LogP contribution in [0.1, 0.15) is 43.1 Å². The Morgan fingerprint density at radius 3 is 2.27 bits per heavy atom. The second-order valence-electron chi connectivity index (χ2n) is 6.84. The van der Waals surface area contributed by atoms with Gasteiger partial charge in [-0.05, 0) is 19.9 Å². The number of fused-ring (bicyclic) bond motifs is 1. The maximum atomic E-state index is 13.4. The molecule has 0 saturated carbocycles. The molecule has 0 unspecified atom stereocenters. The van der Waals surface area contributed by atoms with Crippen molar-refractivity contribution in [2.75, 3.05) is 4.90 Å². The van der Waals surface area contributed by atoms with Crippen molar-refractivity contribution in [3.05, 3.63) is 65.7 Å². The molecule has 1 aliphatic heterocycles. The number of hydrogen-bond donors (Lipinski definition) is 1. The van der Waals surface area contributed by atoms with E-state index in [0.29, 0.717) is 11.1 Å². The van der Waals surface area contributed by atoms with Crippen LogP contribution < -0.4 is 10.2 Å². The van der Waals surface area contributed by atoms with Gasteiger partial charge in [-0.3, -0.25) is 14.4 Å². The molecule has 134 valence electrons. The van der Waals surface area contributed by atoms with E-state index in [1.807, 2.05) is 44.2 Å². The molecular formula is C21H22N2O3. The van der Waals surface area contributed by atoms with Crippen molar-refractivity contribution in [2.45, 2.75) is 38.8 Å². The second-order valence-corrected chi connectivity index (χ2v) is 6.84. The summed E-state index contributed by atoms with van der Waals surface area (Å²) in [5, 5.41) is 2.80. The van der Waals surface area contributed by atoms with Crippen LogP contribution in [-0.2, 0) is 15.1 Å². The third-order valence-corrected chi connectivity index (χ3v) is 4.63. The molecule has 0 saturated heterocycles. The van der Waals surface area contributed by atoms with Crippen LogP contribution in [0.4, 0.5) is 5.69 Å². The molecule has 2 aromatic carbocycles. The predicted molar refractivity (Wildman–Crippen MR) is 99.9 cm³/mol. The Bertz CT molecular complexity index is 861. The molecule has 0 spiro atoms. The summed E-state index contributed by atoms with van der Waals surface area (Å²) in [6, 6.07) is 16.1. The van der Waals surface area contributed by atoms with Gasteiger partial charge in [-0.15, -0.1) is 0 Å². The van der Waals surface area contributed by atoms with Crippen molar-refractivity contribution < 1.29 is 14.4 Å². The highest BCUT2D eigenvalue weighted by Crippen LogP contribution is 2.43. The average molecular weight is 350 g/mol. The van der Waals surface area contributed by atoms with E-state index in [1.165, 1.54) is 6.92 Å². The average Bonchev–Trinajstić information content (AvgIpc) is 2.84. The molecule has 3 rings (SSSR count). The van der Waals surface area contributed by atoms with Gasteiger partial charge in [0.2, 0.25) is 5.91 Å². The Labute approximate surface area is 153 Å². The number of carbonyl (C=O) groups excluding carboxylic acids is 3. The van der Waals surface area contributed by atoms with Crippen molar-refractivity contribution in [1.82, 2.24) is 5.32 Å². The third kappa shape index (κ3) is 2.90. The number of Topliss-reactive ketones (excluding diaryl/α,β-unsaturated/α-hetero) is 1. The summed E-state index contributed by atoms with van der Waals surface area (Å²) < 4.78 is 0. The molecule has 1 N–H and O–H groups in total. The lowest BCUT2D eigenvalue weighted by atomic mass is 9.84. The van der Waals surface area contributed by atoms with Crippen molar-refractivity contribution >= 4 is 23.3 Å². The minimum absolute atomic E-state index is 0.0916. The number of para-hydroxylation sites is 1. The lowest BCUT2D eigenvalue weighted by Gasteiger charge is -2.30. The summed E-state index contributed by atoms with van der Waals surface area (Å²) in [7, 11) is 0. The van der Waals surface area contributed by atoms with Crippen LogP contribution in [0.5, 0.6) is 0 Å². The normalized spacial score (nSPS) is 18.8. The molecule has 5 nitrogen and oxygen atoms in total. The van der Waals surface area contributed by atoms with Crippen LogP contribution >= 0.6 is 0 Å². The number of hydrogen-bond acceptors (Lipinski definition) is 3. The minimum Gasteiger partial charge on any atom is -0.338 e. The molecule has 5 heteroatoms. The highest BCUT2D eigenvalue weighted by atomic mass is 16.2. The zero-order valence-corrected chi connectivity index (χ0v) is 15.2. The number of nitrogens with zero attached hydrogens (tertiary/aromatic N) is 1. The second kappa shape index (κ2) is 6.75. The Balaban J connectivity index is 2.12. The van der Waals surface area contributed by atoms with E-state index < -0.39 is 5.54 Å². The monoisotopic (exact) mass is 350 g/mol. The first kappa shape index (κ1) is 17.9. The van der Waals surface area contributed by atoms with Gasteiger partial charge in [0, 0.05) is 30.5 Å². The van der Waals surface area contributed by atoms with Crippen molar-refractivity contribution in [3.8, 4) is 0 Å². The number of amides is 2. The van der Waals surface area contributed by atoms with Crippen LogP contribution in [0.2, 0.25) is 0 Å². The number of nitrogens with one attached hydrogen (secondary N) is 1. The first-order valence-electron chi connectivity index (χ1n) is 8.67. The van der Waals surface area contributed by atoms with E-state index in [9.17, 15) is 14.4 Å². The van der Waals surface area contributed by atoms with Gasteiger partial charge in [0.1, 0.15) is 0 Å². The van der Waals surface area contributed by atoms with Crippen LogP contribution in [0.15, 0.2) is 54.6 Å². The standard InChI is InChI=1S/C21H22N2O3/c1-14(2)23-18-12-8-7-11-17(18)21(20(23)26,22-15(3)24)13-19(25)16-9-5-4-6-10-16/h4-12,14H,13H2,1-3H3,(H,22,24)/t21-/m0/s1. The predicted octanol–water partition coefficient (Wildman–Crippen LogP) is 3.05. The molecule has 0 bridgehead atoms. The molecular weight excluding hydrogens is 328 g/mol. The number of benzene rings is 2. The largest absolute Gasteiger partial charge is 0.338 e. The molecule has 2 amide bonds. The summed E-state index contributed by atoms with van der Waals surface area (Å²) in [4.78, 5) is 39.9. The Morgan fingerprint density at radius 1 is 1.04 bits per heavy atom. The summed E-state index contributed by atoms with van der Waals surface area (Å²) in [5.41, 5.74) is 0.547. The highest BCUT2D eigenvalue weighted by Gasteiger charge is 2.53. The molecule has 1 atom stereocenters. The zero-order chi connectivity index (χ0) is 18.9. The molecule has 0 aromatic heterocycles. The van der Waals surface area contributed by atoms with E-state index in [4.69, 9.17) is 0 Å². The quantitative estimate of drug-likeness (QED) is 0.843. The van der Waals surface area contributed by atoms with E-state index in [1.54, 1.807) is 29.2 Å². The van der Waals surface area contributed by atoms with Gasteiger partial charge in [0.05, 0.1) is 5.69 Å². The first-order chi connectivity index (χ1) is 12.4. The van der Waals surface area contributed by atoms with Crippen LogP contribution in [0.3, 0.4) is 0 Å². The van der Waals surface area contributed by atoms with Gasteiger partial charge in [0.25, 0.3) is 5.91 Å². The van der Waals surface area contributed by atoms with Crippen molar-refractivity contribution in [2.24, 2.45) is 0 Å². The number of carbonyl (C=O) groups is 3. The fourth-order valence-electron chi connectivity index (χ4n) is 3.59. The lowest BCUT2D eigenvalue weighted by molar-refractivity contribution is -0.130. The third-order valence-electron chi connectivity index (χ3n) is 4.63. The maximum absolute atomic E-state index is 13.4. The molecule has 26 heavy (non-hydrogen) atoms. The van der Waals surface area contributed by atoms with Gasteiger partial charge >= 0.3 is 0 Å². The molecule has 0 fully saturated rings. The number of rotatable bonds is 5. The van der Waals surface area contributed by atoms with Gasteiger partial charge < -0.3 is 10.2 Å². The Hall–Kier alpha value is -2.95. The fraction of sp³-hybridized carbons (Fsp3) is 0.286. The topological polar surface area (TPSA) is 66.5 Å². The first-order valence-corrected chi connectivity index (χ1v) is 8.67. The summed E-state index contributed by atoms with van der Waals surface area (Å²) in [6.45, 7) is 5.19. The van der Waals surface area contributed by atoms with E-state index in [-0.39, 0.29) is 30.1 Å². The number of anilines is 1. The van der Waals surface area contributed by atoms with Gasteiger partial charge in [-0.1, -0.05) is 48.5 Å². The molecule has 1 aliphatic rings. The van der Waals surface area contributed by atoms with Crippen LogP contribution in [0, 0.1) is 0 Å². The molecule has 0 aliphatic carbocycles. The Kier molecular flexibility index (Phi) is 4.64. The lowest BCUT2D eigenvalue weighted by Crippen LogP contribution is -2.54. The zero-order valence-electron chi connectivity index (χ0n) is 15.2. The molecule has 0 radical (unpaired) electrons. The maximum Gasteiger partial charge on any atom is 0.258 e. The smallest absolute Gasteiger partial charge is 0.258 e. The van der Waals surface area contributed by atoms with Crippen LogP contribution in [-0.4, -0.2) is 23.6 Å². The van der Waals surface area contributed by atoms with E-state index >= 15 is 0 Å². The van der Waals surface area contributed by atoms with Crippen molar-refractivity contribution in [1.29, 1.82) is 0 Å². The minimum atomic E-state index is -1.38. The highest BCUT2D eigenvalue weighted by molar-refractivity contribution is 6.13. The van der Waals surface area contributed by atoms with Gasteiger partial charge in [-0.25, -0.2) is 0 Å². The summed E-state index contributed by atoms with van der Waals surface area (Å²) in [6.07, 6.45) is -0.115. The number of ketones is 1. The molecule has 2 aromatic rings. The van der Waals surface area contributed by atoms with E-state index in [2.05, 4.69) is 5.32 Å². The van der Waals surface area contributed by atoms with Gasteiger partial charge in [0.15, 0.2) is 11.3 Å². The molecule has 1 heterocycles. The fourth-order valence-corrected chi connectivity index (χ4v) is 3.59. The van der Waals surface area contributed by atoms with Gasteiger partial charge in [-0.2, -0.15) is 0 Å². The van der Waals surface area contributed by atoms with Crippen molar-refractivity contribution in [3.63, 3.8) is 0 Å². The Morgan fingerprint density at radius 2 is 1.65 bits per heavy atom. The SMILES string of the molecule is CC(=O)N[C@]1(CC(=O)c2ccccc2)C(=O)N(C(C)C)c2ccccc21. The summed E-state index contributed by atoms with van der Waals surface area (Å²) >= 11 is 0.